The van der Waals surface area contributed by atoms with E-state index in [0.717, 1.165) is 12.8 Å². The number of benzene rings is 1. The Kier molecular flexibility index (Phi) is 3.56. The van der Waals surface area contributed by atoms with Crippen LogP contribution in [0.15, 0.2) is 18.2 Å². The van der Waals surface area contributed by atoms with Gasteiger partial charge in [-0.15, -0.1) is 0 Å². The Morgan fingerprint density at radius 3 is 2.60 bits per heavy atom. The van der Waals surface area contributed by atoms with E-state index in [9.17, 15) is 10.1 Å². The van der Waals surface area contributed by atoms with Crippen molar-refractivity contribution in [2.24, 2.45) is 0 Å². The number of nitrogens with one attached hydrogen (secondary N) is 1. The van der Waals surface area contributed by atoms with Gasteiger partial charge in [0.1, 0.15) is 5.69 Å². The normalized spacial score (nSPS) is 29.4. The van der Waals surface area contributed by atoms with Crippen molar-refractivity contribution >= 4 is 23.0 Å². The summed E-state index contributed by atoms with van der Waals surface area (Å²) in [6.07, 6.45) is 4.57. The van der Waals surface area contributed by atoms with Crippen molar-refractivity contribution in [3.63, 3.8) is 0 Å². The number of nitrogens with zero attached hydrogens (tertiary/aromatic N) is 2. The lowest BCUT2D eigenvalue weighted by molar-refractivity contribution is -0.384. The lowest BCUT2D eigenvalue weighted by Crippen LogP contribution is -2.44. The summed E-state index contributed by atoms with van der Waals surface area (Å²) in [5.41, 5.74) is 0.636. The van der Waals surface area contributed by atoms with Crippen molar-refractivity contribution in [3.8, 4) is 0 Å². The van der Waals surface area contributed by atoms with Gasteiger partial charge in [-0.2, -0.15) is 0 Å². The minimum Gasteiger partial charge on any atom is -0.377 e. The lowest BCUT2D eigenvalue weighted by atomic mass is 9.97. The number of anilines is 1. The molecule has 2 atom stereocenters. The van der Waals surface area contributed by atoms with Gasteiger partial charge in [0, 0.05) is 29.2 Å². The van der Waals surface area contributed by atoms with Gasteiger partial charge in [-0.1, -0.05) is 11.6 Å². The van der Waals surface area contributed by atoms with Crippen LogP contribution in [0.5, 0.6) is 0 Å². The Morgan fingerprint density at radius 1 is 1.35 bits per heavy atom. The molecule has 1 aromatic carbocycles. The molecule has 2 aliphatic heterocycles. The smallest absolute Gasteiger partial charge is 0.293 e. The number of rotatable bonds is 3. The van der Waals surface area contributed by atoms with E-state index in [1.807, 2.05) is 0 Å². The number of nitro benzene ring substituents is 1. The molecule has 2 saturated heterocycles. The highest BCUT2D eigenvalue weighted by Crippen LogP contribution is 2.37. The van der Waals surface area contributed by atoms with Crippen LogP contribution in [-0.4, -0.2) is 35.0 Å². The molecular formula is C14H18ClN3O2. The van der Waals surface area contributed by atoms with Gasteiger partial charge in [-0.05, 0) is 44.9 Å². The first-order valence-corrected chi connectivity index (χ1v) is 7.35. The molecule has 0 amide bonds. The van der Waals surface area contributed by atoms with Gasteiger partial charge in [-0.25, -0.2) is 0 Å². The van der Waals surface area contributed by atoms with Crippen LogP contribution < -0.4 is 5.32 Å². The van der Waals surface area contributed by atoms with E-state index in [0.29, 0.717) is 28.8 Å². The maximum Gasteiger partial charge on any atom is 0.293 e. The first-order valence-electron chi connectivity index (χ1n) is 6.97. The van der Waals surface area contributed by atoms with E-state index in [2.05, 4.69) is 17.3 Å². The van der Waals surface area contributed by atoms with Crippen molar-refractivity contribution in [1.29, 1.82) is 0 Å². The van der Waals surface area contributed by atoms with Crippen molar-refractivity contribution in [3.05, 3.63) is 33.3 Å². The molecule has 0 saturated carbocycles. The van der Waals surface area contributed by atoms with E-state index in [1.165, 1.54) is 18.9 Å². The Balaban J connectivity index is 1.77. The summed E-state index contributed by atoms with van der Waals surface area (Å²) >= 11 is 5.84. The number of hydrogen-bond acceptors (Lipinski definition) is 4. The van der Waals surface area contributed by atoms with Crippen LogP contribution >= 0.6 is 11.6 Å². The third-order valence-electron chi connectivity index (χ3n) is 4.61. The fourth-order valence-corrected chi connectivity index (χ4v) is 3.69. The van der Waals surface area contributed by atoms with Crippen LogP contribution in [0.4, 0.5) is 11.4 Å². The summed E-state index contributed by atoms with van der Waals surface area (Å²) in [5, 5.41) is 14.9. The number of halogens is 1. The Morgan fingerprint density at radius 2 is 2.00 bits per heavy atom. The number of piperidine rings is 1. The number of nitro groups is 1. The van der Waals surface area contributed by atoms with Crippen LogP contribution in [0, 0.1) is 10.1 Å². The maximum absolute atomic E-state index is 11.1. The van der Waals surface area contributed by atoms with Crippen LogP contribution in [0.25, 0.3) is 0 Å². The minimum atomic E-state index is -0.377. The van der Waals surface area contributed by atoms with Crippen molar-refractivity contribution in [2.45, 2.75) is 43.8 Å². The van der Waals surface area contributed by atoms with Crippen molar-refractivity contribution < 1.29 is 4.92 Å². The molecule has 2 aliphatic rings. The van der Waals surface area contributed by atoms with Crippen LogP contribution in [0.1, 0.15) is 25.7 Å². The van der Waals surface area contributed by atoms with Crippen LogP contribution in [-0.2, 0) is 0 Å². The fraction of sp³-hybridized carbons (Fsp3) is 0.571. The molecule has 108 valence electrons. The molecule has 3 rings (SSSR count). The Labute approximate surface area is 123 Å². The predicted molar refractivity (Wildman–Crippen MR) is 79.3 cm³/mol. The van der Waals surface area contributed by atoms with E-state index >= 15 is 0 Å². The molecular weight excluding hydrogens is 278 g/mol. The SMILES string of the molecule is CN1C2CCC1CC(Nc1ccc(Cl)cc1[N+](=O)[O-])C2. The van der Waals surface area contributed by atoms with Gasteiger partial charge >= 0.3 is 0 Å². The molecule has 2 unspecified atom stereocenters. The maximum atomic E-state index is 11.1. The summed E-state index contributed by atoms with van der Waals surface area (Å²) < 4.78 is 0. The summed E-state index contributed by atoms with van der Waals surface area (Å²) in [6, 6.07) is 6.34. The zero-order chi connectivity index (χ0) is 14.3. The second kappa shape index (κ2) is 5.22. The van der Waals surface area contributed by atoms with Crippen molar-refractivity contribution in [2.75, 3.05) is 12.4 Å². The van der Waals surface area contributed by atoms with Gasteiger partial charge in [0.25, 0.3) is 5.69 Å². The highest BCUT2D eigenvalue weighted by molar-refractivity contribution is 6.30. The topological polar surface area (TPSA) is 58.4 Å². The Bertz CT molecular complexity index is 523. The highest BCUT2D eigenvalue weighted by Gasteiger charge is 2.38. The molecule has 0 aromatic heterocycles. The van der Waals surface area contributed by atoms with Gasteiger partial charge in [0.05, 0.1) is 4.92 Å². The molecule has 5 nitrogen and oxygen atoms in total. The second-order valence-corrected chi connectivity index (χ2v) is 6.22. The molecule has 0 aliphatic carbocycles. The molecule has 20 heavy (non-hydrogen) atoms. The highest BCUT2D eigenvalue weighted by atomic mass is 35.5. The summed E-state index contributed by atoms with van der Waals surface area (Å²) in [6.45, 7) is 0. The molecule has 0 spiro atoms. The predicted octanol–water partition coefficient (Wildman–Crippen LogP) is 3.29. The standard InChI is InChI=1S/C14H18ClN3O2/c1-17-11-3-4-12(17)8-10(7-11)16-13-5-2-9(15)6-14(13)18(19)20/h2,5-6,10-12,16H,3-4,7-8H2,1H3. The molecule has 6 heteroatoms. The Hall–Kier alpha value is -1.33. The van der Waals surface area contributed by atoms with Gasteiger partial charge in [0.2, 0.25) is 0 Å². The summed E-state index contributed by atoms with van der Waals surface area (Å²) in [4.78, 5) is 13.2. The summed E-state index contributed by atoms with van der Waals surface area (Å²) in [5.74, 6) is 0. The molecule has 2 heterocycles. The molecule has 1 aromatic rings. The van der Waals surface area contributed by atoms with E-state index in [-0.39, 0.29) is 10.6 Å². The van der Waals surface area contributed by atoms with E-state index in [1.54, 1.807) is 12.1 Å². The average Bonchev–Trinajstić information content (AvgIpc) is 2.63. The average molecular weight is 296 g/mol. The van der Waals surface area contributed by atoms with E-state index in [4.69, 9.17) is 11.6 Å². The van der Waals surface area contributed by atoms with Gasteiger partial charge < -0.3 is 10.2 Å². The first-order chi connectivity index (χ1) is 9.54. The second-order valence-electron chi connectivity index (χ2n) is 5.78. The first kappa shape index (κ1) is 13.6. The zero-order valence-corrected chi connectivity index (χ0v) is 12.1. The lowest BCUT2D eigenvalue weighted by Gasteiger charge is -2.36. The molecule has 2 bridgehead atoms. The van der Waals surface area contributed by atoms with Gasteiger partial charge in [0.15, 0.2) is 0 Å². The van der Waals surface area contributed by atoms with Gasteiger partial charge in [-0.3, -0.25) is 10.1 Å². The minimum absolute atomic E-state index is 0.0591. The van der Waals surface area contributed by atoms with Crippen molar-refractivity contribution in [1.82, 2.24) is 4.90 Å². The van der Waals surface area contributed by atoms with Crippen LogP contribution in [0.2, 0.25) is 5.02 Å². The van der Waals surface area contributed by atoms with Crippen LogP contribution in [0.3, 0.4) is 0 Å². The molecule has 2 fully saturated rings. The monoisotopic (exact) mass is 295 g/mol. The quantitative estimate of drug-likeness (QED) is 0.687. The largest absolute Gasteiger partial charge is 0.377 e. The number of hydrogen-bond donors (Lipinski definition) is 1. The molecule has 1 N–H and O–H groups in total. The molecule has 0 radical (unpaired) electrons. The fourth-order valence-electron chi connectivity index (χ4n) is 3.53. The zero-order valence-electron chi connectivity index (χ0n) is 11.4. The third kappa shape index (κ3) is 2.47. The third-order valence-corrected chi connectivity index (χ3v) is 4.85. The number of fused-ring (bicyclic) bond motifs is 2. The summed E-state index contributed by atoms with van der Waals surface area (Å²) in [7, 11) is 2.18. The van der Waals surface area contributed by atoms with E-state index < -0.39 is 0 Å².